The minimum atomic E-state index is -1.12. The van der Waals surface area contributed by atoms with E-state index in [9.17, 15) is 15.3 Å². The molecule has 0 aromatic carbocycles. The number of hydrogen-bond donors (Lipinski definition) is 3. The SMILES string of the molecule is CC(C)C/C=C/[C@@H](C)[C@H]1CCC2C3C[C@@H](O)[C@@]4(O)C[C@@H](O)CC[C@]4(C)C3CC[C@@]21C. The Labute approximate surface area is 184 Å². The van der Waals surface area contributed by atoms with Crippen molar-refractivity contribution in [3.8, 4) is 0 Å². The average Bonchev–Trinajstić information content (AvgIpc) is 3.01. The molecule has 4 saturated carbocycles. The van der Waals surface area contributed by atoms with E-state index in [4.69, 9.17) is 0 Å². The van der Waals surface area contributed by atoms with Gasteiger partial charge in [0.25, 0.3) is 0 Å². The second kappa shape index (κ2) is 7.89. The van der Waals surface area contributed by atoms with Gasteiger partial charge in [-0.15, -0.1) is 0 Å². The van der Waals surface area contributed by atoms with Crippen LogP contribution in [0.5, 0.6) is 0 Å². The van der Waals surface area contributed by atoms with Gasteiger partial charge in [0.1, 0.15) is 0 Å². The summed E-state index contributed by atoms with van der Waals surface area (Å²) in [6.07, 6.45) is 12.5. The number of aliphatic hydroxyl groups excluding tert-OH is 2. The molecule has 3 unspecified atom stereocenters. The molecule has 10 atom stereocenters. The Kier molecular flexibility index (Phi) is 5.99. The first-order valence-corrected chi connectivity index (χ1v) is 12.8. The van der Waals surface area contributed by atoms with Crippen molar-refractivity contribution in [3.63, 3.8) is 0 Å². The zero-order chi connectivity index (χ0) is 21.9. The Morgan fingerprint density at radius 2 is 1.70 bits per heavy atom. The molecule has 3 heteroatoms. The first-order chi connectivity index (χ1) is 14.0. The molecule has 0 aromatic heterocycles. The van der Waals surface area contributed by atoms with E-state index in [1.807, 2.05) is 0 Å². The second-order valence-electron chi connectivity index (χ2n) is 12.5. The van der Waals surface area contributed by atoms with Crippen LogP contribution in [-0.4, -0.2) is 33.1 Å². The maximum Gasteiger partial charge on any atom is 0.0985 e. The van der Waals surface area contributed by atoms with Crippen LogP contribution in [0.25, 0.3) is 0 Å². The van der Waals surface area contributed by atoms with Gasteiger partial charge in [0.15, 0.2) is 0 Å². The molecule has 3 nitrogen and oxygen atoms in total. The number of fused-ring (bicyclic) bond motifs is 5. The molecule has 4 aliphatic rings. The van der Waals surface area contributed by atoms with Crippen molar-refractivity contribution in [3.05, 3.63) is 12.2 Å². The lowest BCUT2D eigenvalue weighted by atomic mass is 9.42. The van der Waals surface area contributed by atoms with Crippen molar-refractivity contribution in [1.82, 2.24) is 0 Å². The van der Waals surface area contributed by atoms with Gasteiger partial charge in [-0.3, -0.25) is 0 Å². The maximum atomic E-state index is 11.6. The highest BCUT2D eigenvalue weighted by Crippen LogP contribution is 2.69. The smallest absolute Gasteiger partial charge is 0.0985 e. The third-order valence-corrected chi connectivity index (χ3v) is 10.6. The van der Waals surface area contributed by atoms with Crippen LogP contribution in [0.1, 0.15) is 92.4 Å². The molecule has 0 spiro atoms. The molecule has 0 amide bonds. The van der Waals surface area contributed by atoms with Crippen LogP contribution in [0, 0.1) is 46.3 Å². The summed E-state index contributed by atoms with van der Waals surface area (Å²) in [6, 6.07) is 0. The Bertz CT molecular complexity index is 658. The Hall–Kier alpha value is -0.380. The predicted octanol–water partition coefficient (Wildman–Crippen LogP) is 5.33. The van der Waals surface area contributed by atoms with Crippen LogP contribution < -0.4 is 0 Å². The summed E-state index contributed by atoms with van der Waals surface area (Å²) in [5.74, 6) is 3.70. The summed E-state index contributed by atoms with van der Waals surface area (Å²) in [5.41, 5.74) is -1.04. The third-order valence-electron chi connectivity index (χ3n) is 10.6. The monoisotopic (exact) mass is 418 g/mol. The van der Waals surface area contributed by atoms with Crippen molar-refractivity contribution in [2.75, 3.05) is 0 Å². The minimum absolute atomic E-state index is 0.267. The van der Waals surface area contributed by atoms with Crippen molar-refractivity contribution >= 4 is 0 Å². The van der Waals surface area contributed by atoms with Gasteiger partial charge < -0.3 is 15.3 Å². The lowest BCUT2D eigenvalue weighted by Gasteiger charge is -2.65. The topological polar surface area (TPSA) is 60.7 Å². The molecule has 0 radical (unpaired) electrons. The lowest BCUT2D eigenvalue weighted by molar-refractivity contribution is -0.264. The van der Waals surface area contributed by atoms with Crippen LogP contribution in [0.4, 0.5) is 0 Å². The fraction of sp³-hybridized carbons (Fsp3) is 0.926. The van der Waals surface area contributed by atoms with E-state index in [2.05, 4.69) is 46.8 Å². The van der Waals surface area contributed by atoms with Crippen LogP contribution in [-0.2, 0) is 0 Å². The number of allylic oxidation sites excluding steroid dienone is 2. The fourth-order valence-corrected chi connectivity index (χ4v) is 8.86. The van der Waals surface area contributed by atoms with Gasteiger partial charge in [-0.1, -0.05) is 46.8 Å². The second-order valence-corrected chi connectivity index (χ2v) is 12.5. The first kappa shape index (κ1) is 22.8. The first-order valence-electron chi connectivity index (χ1n) is 12.8. The third kappa shape index (κ3) is 3.33. The zero-order valence-electron chi connectivity index (χ0n) is 20.0. The van der Waals surface area contributed by atoms with Crippen LogP contribution in [0.2, 0.25) is 0 Å². The van der Waals surface area contributed by atoms with E-state index < -0.39 is 17.8 Å². The predicted molar refractivity (Wildman–Crippen MR) is 122 cm³/mol. The quantitative estimate of drug-likeness (QED) is 0.541. The molecular weight excluding hydrogens is 372 g/mol. The molecule has 172 valence electrons. The molecular formula is C27H46O3. The van der Waals surface area contributed by atoms with Crippen molar-refractivity contribution < 1.29 is 15.3 Å². The van der Waals surface area contributed by atoms with Gasteiger partial charge in [0, 0.05) is 11.8 Å². The standard InChI is InChI=1S/C27H46O3/c1-17(2)7-6-8-18(3)21-9-10-22-20-15-24(29)27(30)16-19(28)11-14-26(27,5)23(20)12-13-25(21,22)4/h6,8,17-24,28-30H,7,9-16H2,1-5H3/b8-6+/t18-,19+,20?,21-,22?,23?,24-,25-,26-,27+/m1/s1. The van der Waals surface area contributed by atoms with E-state index in [1.54, 1.807) is 0 Å². The molecule has 0 bridgehead atoms. The molecule has 0 heterocycles. The van der Waals surface area contributed by atoms with Crippen LogP contribution >= 0.6 is 0 Å². The highest BCUT2D eigenvalue weighted by atomic mass is 16.3. The Morgan fingerprint density at radius 1 is 0.967 bits per heavy atom. The lowest BCUT2D eigenvalue weighted by Crippen LogP contribution is -2.68. The van der Waals surface area contributed by atoms with E-state index in [0.717, 1.165) is 31.6 Å². The highest BCUT2D eigenvalue weighted by Gasteiger charge is 2.67. The van der Waals surface area contributed by atoms with Gasteiger partial charge in [-0.05, 0) is 92.3 Å². The summed E-state index contributed by atoms with van der Waals surface area (Å²) in [4.78, 5) is 0. The molecule has 30 heavy (non-hydrogen) atoms. The summed E-state index contributed by atoms with van der Waals surface area (Å²) in [6.45, 7) is 11.7. The fourth-order valence-electron chi connectivity index (χ4n) is 8.86. The summed E-state index contributed by atoms with van der Waals surface area (Å²) in [5, 5.41) is 33.0. The summed E-state index contributed by atoms with van der Waals surface area (Å²) >= 11 is 0. The molecule has 0 aliphatic heterocycles. The maximum absolute atomic E-state index is 11.6. The van der Waals surface area contributed by atoms with Crippen molar-refractivity contribution in [2.45, 2.75) is 110 Å². The van der Waals surface area contributed by atoms with Crippen molar-refractivity contribution in [2.24, 2.45) is 46.3 Å². The van der Waals surface area contributed by atoms with E-state index >= 15 is 0 Å². The molecule has 3 N–H and O–H groups in total. The van der Waals surface area contributed by atoms with E-state index in [1.165, 1.54) is 19.3 Å². The number of hydrogen-bond acceptors (Lipinski definition) is 3. The van der Waals surface area contributed by atoms with Crippen LogP contribution in [0.15, 0.2) is 12.2 Å². The zero-order valence-corrected chi connectivity index (χ0v) is 20.0. The molecule has 4 fully saturated rings. The average molecular weight is 419 g/mol. The summed E-state index contributed by atoms with van der Waals surface area (Å²) in [7, 11) is 0. The Balaban J connectivity index is 1.57. The molecule has 0 saturated heterocycles. The summed E-state index contributed by atoms with van der Waals surface area (Å²) < 4.78 is 0. The van der Waals surface area contributed by atoms with E-state index in [0.29, 0.717) is 47.8 Å². The highest BCUT2D eigenvalue weighted by molar-refractivity contribution is 5.17. The van der Waals surface area contributed by atoms with Crippen molar-refractivity contribution in [1.29, 1.82) is 0 Å². The van der Waals surface area contributed by atoms with Gasteiger partial charge in [-0.25, -0.2) is 0 Å². The minimum Gasteiger partial charge on any atom is -0.393 e. The number of rotatable bonds is 4. The van der Waals surface area contributed by atoms with Gasteiger partial charge in [0.05, 0.1) is 17.8 Å². The molecule has 4 aliphatic carbocycles. The van der Waals surface area contributed by atoms with Crippen LogP contribution in [0.3, 0.4) is 0 Å². The normalized spacial score (nSPS) is 52.2. The van der Waals surface area contributed by atoms with Gasteiger partial charge in [0.2, 0.25) is 0 Å². The van der Waals surface area contributed by atoms with Gasteiger partial charge >= 0.3 is 0 Å². The largest absolute Gasteiger partial charge is 0.393 e. The van der Waals surface area contributed by atoms with Gasteiger partial charge in [-0.2, -0.15) is 0 Å². The number of aliphatic hydroxyl groups is 3. The molecule has 4 rings (SSSR count). The molecule has 0 aromatic rings. The van der Waals surface area contributed by atoms with E-state index in [-0.39, 0.29) is 5.41 Å². The Morgan fingerprint density at radius 3 is 2.40 bits per heavy atom.